The first-order chi connectivity index (χ1) is 13.7. The molecule has 2 aromatic carbocycles. The van der Waals surface area contributed by atoms with Gasteiger partial charge in [0.05, 0.1) is 12.8 Å². The number of amides is 3. The number of nitrogens with one attached hydrogen (secondary N) is 2. The van der Waals surface area contributed by atoms with Crippen molar-refractivity contribution in [3.8, 4) is 5.75 Å². The van der Waals surface area contributed by atoms with Crippen LogP contribution in [0.3, 0.4) is 0 Å². The van der Waals surface area contributed by atoms with E-state index in [4.69, 9.17) is 4.74 Å². The first kappa shape index (κ1) is 19.5. The van der Waals surface area contributed by atoms with Gasteiger partial charge in [0.1, 0.15) is 5.75 Å². The number of hydrogen-bond donors (Lipinski definition) is 2. The van der Waals surface area contributed by atoms with Crippen LogP contribution in [0.1, 0.15) is 6.42 Å². The molecule has 1 heterocycles. The number of anilines is 2. The monoisotopic (exact) mass is 382 g/mol. The highest BCUT2D eigenvalue weighted by Crippen LogP contribution is 2.28. The quantitative estimate of drug-likeness (QED) is 0.805. The lowest BCUT2D eigenvalue weighted by Crippen LogP contribution is -2.49. The Kier molecular flexibility index (Phi) is 6.73. The van der Waals surface area contributed by atoms with Crippen molar-refractivity contribution in [3.05, 3.63) is 54.6 Å². The summed E-state index contributed by atoms with van der Waals surface area (Å²) in [7, 11) is 1.67. The molecule has 3 rings (SSSR count). The molecule has 28 heavy (non-hydrogen) atoms. The number of urea groups is 1. The molecule has 0 radical (unpaired) electrons. The van der Waals surface area contributed by atoms with Gasteiger partial charge in [-0.2, -0.15) is 0 Å². The van der Waals surface area contributed by atoms with Crippen LogP contribution >= 0.6 is 0 Å². The van der Waals surface area contributed by atoms with Gasteiger partial charge in [-0.25, -0.2) is 4.79 Å². The Labute approximate surface area is 165 Å². The van der Waals surface area contributed by atoms with Crippen LogP contribution in [0.25, 0.3) is 0 Å². The van der Waals surface area contributed by atoms with Gasteiger partial charge in [-0.15, -0.1) is 0 Å². The van der Waals surface area contributed by atoms with Crippen LogP contribution in [0, 0.1) is 0 Å². The Bertz CT molecular complexity index is 789. The van der Waals surface area contributed by atoms with Gasteiger partial charge in [0.2, 0.25) is 5.91 Å². The van der Waals surface area contributed by atoms with E-state index in [1.165, 1.54) is 0 Å². The molecule has 0 spiro atoms. The van der Waals surface area contributed by atoms with Crippen LogP contribution < -0.4 is 20.3 Å². The number of hydrogen-bond acceptors (Lipinski definition) is 4. The zero-order valence-corrected chi connectivity index (χ0v) is 16.1. The van der Waals surface area contributed by atoms with E-state index in [1.54, 1.807) is 7.11 Å². The molecule has 7 nitrogen and oxygen atoms in total. The fourth-order valence-corrected chi connectivity index (χ4v) is 3.23. The molecule has 2 N–H and O–H groups in total. The lowest BCUT2D eigenvalue weighted by atomic mass is 10.2. The molecule has 1 aliphatic heterocycles. The van der Waals surface area contributed by atoms with Gasteiger partial charge in [-0.05, 0) is 24.3 Å². The largest absolute Gasteiger partial charge is 0.495 e. The topological polar surface area (TPSA) is 73.9 Å². The molecule has 0 aliphatic carbocycles. The predicted octanol–water partition coefficient (Wildman–Crippen LogP) is 2.56. The van der Waals surface area contributed by atoms with Gasteiger partial charge >= 0.3 is 6.03 Å². The molecule has 2 aromatic rings. The molecular weight excluding hydrogens is 356 g/mol. The second-order valence-electron chi connectivity index (χ2n) is 6.54. The number of carbonyl (C=O) groups excluding carboxylic acids is 2. The number of piperazine rings is 1. The number of ether oxygens (including phenoxy) is 1. The Hall–Kier alpha value is -3.22. The van der Waals surface area contributed by atoms with Crippen LogP contribution in [-0.4, -0.2) is 56.7 Å². The lowest BCUT2D eigenvalue weighted by molar-refractivity contribution is -0.131. The number of nitrogens with zero attached hydrogens (tertiary/aromatic N) is 2. The van der Waals surface area contributed by atoms with E-state index in [-0.39, 0.29) is 18.4 Å². The summed E-state index contributed by atoms with van der Waals surface area (Å²) >= 11 is 0. The van der Waals surface area contributed by atoms with Crippen LogP contribution in [0.15, 0.2) is 54.6 Å². The summed E-state index contributed by atoms with van der Waals surface area (Å²) in [6.07, 6.45) is 0.289. The van der Waals surface area contributed by atoms with Crippen LogP contribution in [0.5, 0.6) is 5.75 Å². The van der Waals surface area contributed by atoms with Crippen molar-refractivity contribution in [2.75, 3.05) is 50.1 Å². The Balaban J connectivity index is 1.40. The number of methoxy groups -OCH3 is 1. The third-order valence-electron chi connectivity index (χ3n) is 4.71. The van der Waals surface area contributed by atoms with Crippen LogP contribution in [0.2, 0.25) is 0 Å². The van der Waals surface area contributed by atoms with E-state index in [2.05, 4.69) is 15.5 Å². The summed E-state index contributed by atoms with van der Waals surface area (Å²) in [5.74, 6) is 0.899. The van der Waals surface area contributed by atoms with Gasteiger partial charge in [-0.3, -0.25) is 4.79 Å². The maximum atomic E-state index is 12.4. The minimum absolute atomic E-state index is 0.0553. The molecule has 0 unspecified atom stereocenters. The molecule has 0 atom stereocenters. The van der Waals surface area contributed by atoms with Gasteiger partial charge in [0.15, 0.2) is 0 Å². The highest BCUT2D eigenvalue weighted by Gasteiger charge is 2.22. The van der Waals surface area contributed by atoms with E-state index < -0.39 is 0 Å². The molecule has 0 saturated carbocycles. The summed E-state index contributed by atoms with van der Waals surface area (Å²) in [6, 6.07) is 16.8. The van der Waals surface area contributed by atoms with Gasteiger partial charge in [0.25, 0.3) is 0 Å². The first-order valence-corrected chi connectivity index (χ1v) is 9.43. The molecule has 1 fully saturated rings. The molecule has 1 saturated heterocycles. The fraction of sp³-hybridized carbons (Fsp3) is 0.333. The normalized spacial score (nSPS) is 13.8. The summed E-state index contributed by atoms with van der Waals surface area (Å²) in [4.78, 5) is 28.4. The number of rotatable bonds is 6. The third-order valence-corrected chi connectivity index (χ3v) is 4.71. The van der Waals surface area contributed by atoms with E-state index in [0.29, 0.717) is 19.6 Å². The van der Waals surface area contributed by atoms with Gasteiger partial charge in [-0.1, -0.05) is 30.3 Å². The smallest absolute Gasteiger partial charge is 0.319 e. The van der Waals surface area contributed by atoms with Crippen LogP contribution in [-0.2, 0) is 4.79 Å². The van der Waals surface area contributed by atoms with Crippen molar-refractivity contribution in [3.63, 3.8) is 0 Å². The molecule has 3 amide bonds. The van der Waals surface area contributed by atoms with Crippen molar-refractivity contribution in [1.29, 1.82) is 0 Å². The number of para-hydroxylation sites is 3. The average molecular weight is 382 g/mol. The minimum atomic E-state index is -0.306. The Morgan fingerprint density at radius 3 is 2.36 bits per heavy atom. The van der Waals surface area contributed by atoms with Gasteiger partial charge in [0, 0.05) is 44.8 Å². The van der Waals surface area contributed by atoms with Gasteiger partial charge < -0.3 is 25.2 Å². The zero-order valence-electron chi connectivity index (χ0n) is 16.1. The lowest BCUT2D eigenvalue weighted by Gasteiger charge is -2.36. The Morgan fingerprint density at radius 1 is 0.964 bits per heavy atom. The highest BCUT2D eigenvalue weighted by atomic mass is 16.5. The third kappa shape index (κ3) is 5.16. The minimum Gasteiger partial charge on any atom is -0.495 e. The summed E-state index contributed by atoms with van der Waals surface area (Å²) < 4.78 is 5.42. The van der Waals surface area contributed by atoms with Crippen molar-refractivity contribution in [1.82, 2.24) is 10.2 Å². The van der Waals surface area contributed by atoms with Crippen molar-refractivity contribution >= 4 is 23.3 Å². The van der Waals surface area contributed by atoms with Crippen molar-refractivity contribution in [2.45, 2.75) is 6.42 Å². The van der Waals surface area contributed by atoms with E-state index in [0.717, 1.165) is 30.2 Å². The molecule has 0 aromatic heterocycles. The van der Waals surface area contributed by atoms with E-state index >= 15 is 0 Å². The first-order valence-electron chi connectivity index (χ1n) is 9.43. The molecule has 1 aliphatic rings. The molecule has 148 valence electrons. The van der Waals surface area contributed by atoms with E-state index in [1.807, 2.05) is 59.5 Å². The standard InChI is InChI=1S/C21H26N4O3/c1-28-19-10-6-5-9-18(19)24-13-15-25(16-14-24)20(26)11-12-22-21(27)23-17-7-3-2-4-8-17/h2-10H,11-16H2,1H3,(H2,22,23,27). The fourth-order valence-electron chi connectivity index (χ4n) is 3.23. The number of benzene rings is 2. The second kappa shape index (κ2) is 9.64. The average Bonchev–Trinajstić information content (AvgIpc) is 2.74. The zero-order chi connectivity index (χ0) is 19.8. The van der Waals surface area contributed by atoms with Crippen LogP contribution in [0.4, 0.5) is 16.2 Å². The predicted molar refractivity (Wildman–Crippen MR) is 110 cm³/mol. The maximum Gasteiger partial charge on any atom is 0.319 e. The summed E-state index contributed by atoms with van der Waals surface area (Å²) in [6.45, 7) is 3.15. The number of carbonyl (C=O) groups is 2. The maximum absolute atomic E-state index is 12.4. The molecular formula is C21H26N4O3. The summed E-state index contributed by atoms with van der Waals surface area (Å²) in [5.41, 5.74) is 1.77. The Morgan fingerprint density at radius 2 is 1.64 bits per heavy atom. The molecule has 0 bridgehead atoms. The second-order valence-corrected chi connectivity index (χ2v) is 6.54. The molecule has 7 heteroatoms. The SMILES string of the molecule is COc1ccccc1N1CCN(C(=O)CCNC(=O)Nc2ccccc2)CC1. The van der Waals surface area contributed by atoms with Crippen molar-refractivity contribution in [2.24, 2.45) is 0 Å². The summed E-state index contributed by atoms with van der Waals surface area (Å²) in [5, 5.41) is 5.46. The highest BCUT2D eigenvalue weighted by molar-refractivity contribution is 5.89. The van der Waals surface area contributed by atoms with E-state index in [9.17, 15) is 9.59 Å². The van der Waals surface area contributed by atoms with Crippen molar-refractivity contribution < 1.29 is 14.3 Å².